The number of phenols is 1. The van der Waals surface area contributed by atoms with Gasteiger partial charge in [-0.3, -0.25) is 4.90 Å². The number of halogens is 3. The molecule has 0 unspecified atom stereocenters. The maximum Gasteiger partial charge on any atom is 0.144 e. The number of nitrogens with one attached hydrogen (secondary N) is 1. The molecular weight excluding hydrogens is 452 g/mol. The molecule has 2 N–H and O–H groups in total. The average molecular weight is 471 g/mol. The summed E-state index contributed by atoms with van der Waals surface area (Å²) in [7, 11) is 0. The molecule has 0 radical (unpaired) electrons. The van der Waals surface area contributed by atoms with Crippen LogP contribution in [0.25, 0.3) is 0 Å². The summed E-state index contributed by atoms with van der Waals surface area (Å²) in [5.74, 6) is 0.277. The summed E-state index contributed by atoms with van der Waals surface area (Å²) in [6, 6.07) is 2.25. The van der Waals surface area contributed by atoms with E-state index < -0.39 is 0 Å². The molecule has 1 aromatic rings. The van der Waals surface area contributed by atoms with Gasteiger partial charge < -0.3 is 10.4 Å². The van der Waals surface area contributed by atoms with Gasteiger partial charge in [0.25, 0.3) is 0 Å². The van der Waals surface area contributed by atoms with E-state index >= 15 is 0 Å². The number of hydrogen-bond donors (Lipinski definition) is 2. The Kier molecular flexibility index (Phi) is 6.35. The zero-order valence-corrected chi connectivity index (χ0v) is 16.2. The molecule has 1 aliphatic heterocycles. The Balaban J connectivity index is 2.40. The first kappa shape index (κ1) is 16.7. The number of rotatable bonds is 4. The molecule has 0 amide bonds. The molecule has 0 saturated carbocycles. The molecule has 0 aliphatic carbocycles. The highest BCUT2D eigenvalue weighted by molar-refractivity contribution is 9.11. The van der Waals surface area contributed by atoms with Gasteiger partial charge in [-0.05, 0) is 44.3 Å². The fraction of sp³-hybridized carbons (Fsp3) is 0.571. The third-order valence-electron chi connectivity index (χ3n) is 3.67. The molecule has 1 heterocycles. The highest BCUT2D eigenvalue weighted by Crippen LogP contribution is 2.44. The Labute approximate surface area is 145 Å². The molecule has 1 atom stereocenters. The Morgan fingerprint density at radius 3 is 2.50 bits per heavy atom. The molecule has 1 aromatic carbocycles. The molecule has 0 bridgehead atoms. The average Bonchev–Trinajstić information content (AvgIpc) is 2.45. The molecule has 3 nitrogen and oxygen atoms in total. The maximum absolute atomic E-state index is 10.2. The highest BCUT2D eigenvalue weighted by atomic mass is 79.9. The van der Waals surface area contributed by atoms with Crippen molar-refractivity contribution in [2.24, 2.45) is 0 Å². The van der Waals surface area contributed by atoms with Gasteiger partial charge in [0.05, 0.1) is 8.95 Å². The first-order valence-corrected chi connectivity index (χ1v) is 9.25. The second kappa shape index (κ2) is 7.58. The van der Waals surface area contributed by atoms with E-state index in [1.54, 1.807) is 0 Å². The molecular formula is C14H19Br3N2O. The summed E-state index contributed by atoms with van der Waals surface area (Å²) in [6.07, 6.45) is 2.20. The normalized spacial score (nSPS) is 18.2. The zero-order valence-electron chi connectivity index (χ0n) is 11.4. The van der Waals surface area contributed by atoms with Crippen LogP contribution in [0, 0.1) is 0 Å². The largest absolute Gasteiger partial charge is 0.506 e. The van der Waals surface area contributed by atoms with Crippen LogP contribution in [0.15, 0.2) is 19.5 Å². The monoisotopic (exact) mass is 468 g/mol. The van der Waals surface area contributed by atoms with Gasteiger partial charge in [0.2, 0.25) is 0 Å². The van der Waals surface area contributed by atoms with Crippen molar-refractivity contribution in [1.82, 2.24) is 10.2 Å². The standard InChI is InChI=1S/C14H19Br3N2O/c1-2-3-11(19-6-4-18-5-7-19)12-9(15)8-10(16)14(20)13(12)17/h8,11,18,20H,2-7H2,1H3/t11-/m0/s1. The summed E-state index contributed by atoms with van der Waals surface area (Å²) in [6.45, 7) is 6.34. The molecule has 1 aliphatic rings. The van der Waals surface area contributed by atoms with Gasteiger partial charge in [-0.25, -0.2) is 0 Å². The van der Waals surface area contributed by atoms with E-state index in [1.807, 2.05) is 6.07 Å². The van der Waals surface area contributed by atoms with Crippen LogP contribution in [0.2, 0.25) is 0 Å². The van der Waals surface area contributed by atoms with Crippen molar-refractivity contribution in [3.8, 4) is 5.75 Å². The van der Waals surface area contributed by atoms with E-state index in [1.165, 1.54) is 0 Å². The number of nitrogens with zero attached hydrogens (tertiary/aromatic N) is 1. The summed E-state index contributed by atoms with van der Waals surface area (Å²) in [5.41, 5.74) is 1.15. The second-order valence-corrected chi connectivity index (χ2v) is 7.51. The Bertz CT molecular complexity index is 476. The minimum absolute atomic E-state index is 0.277. The van der Waals surface area contributed by atoms with Crippen molar-refractivity contribution in [1.29, 1.82) is 0 Å². The van der Waals surface area contributed by atoms with Crippen molar-refractivity contribution >= 4 is 47.8 Å². The summed E-state index contributed by atoms with van der Waals surface area (Å²) in [5, 5.41) is 13.6. The molecule has 1 fully saturated rings. The van der Waals surface area contributed by atoms with Crippen molar-refractivity contribution in [3.05, 3.63) is 25.0 Å². The van der Waals surface area contributed by atoms with Crippen molar-refractivity contribution in [2.75, 3.05) is 26.2 Å². The molecule has 20 heavy (non-hydrogen) atoms. The first-order chi connectivity index (χ1) is 9.56. The van der Waals surface area contributed by atoms with E-state index in [0.717, 1.165) is 53.5 Å². The third-order valence-corrected chi connectivity index (χ3v) is 5.73. The van der Waals surface area contributed by atoms with Crippen LogP contribution < -0.4 is 5.32 Å². The quantitative estimate of drug-likeness (QED) is 0.683. The smallest absolute Gasteiger partial charge is 0.144 e. The van der Waals surface area contributed by atoms with Crippen LogP contribution in [0.3, 0.4) is 0 Å². The number of aromatic hydroxyl groups is 1. The van der Waals surface area contributed by atoms with Crippen molar-refractivity contribution in [2.45, 2.75) is 25.8 Å². The van der Waals surface area contributed by atoms with Crippen LogP contribution in [0.1, 0.15) is 31.4 Å². The summed E-state index contributed by atoms with van der Waals surface area (Å²) >= 11 is 10.6. The van der Waals surface area contributed by atoms with E-state index in [-0.39, 0.29) is 5.75 Å². The maximum atomic E-state index is 10.2. The van der Waals surface area contributed by atoms with Gasteiger partial charge in [-0.15, -0.1) is 0 Å². The Hall–Kier alpha value is 0.380. The molecule has 0 aromatic heterocycles. The van der Waals surface area contributed by atoms with Crippen LogP contribution in [0.5, 0.6) is 5.75 Å². The van der Waals surface area contributed by atoms with Gasteiger partial charge in [0.15, 0.2) is 0 Å². The lowest BCUT2D eigenvalue weighted by molar-refractivity contribution is 0.163. The molecule has 2 rings (SSSR count). The number of piperazine rings is 1. The minimum Gasteiger partial charge on any atom is -0.506 e. The lowest BCUT2D eigenvalue weighted by atomic mass is 9.99. The minimum atomic E-state index is 0.277. The number of phenolic OH excluding ortho intramolecular Hbond substituents is 1. The number of hydrogen-bond acceptors (Lipinski definition) is 3. The third kappa shape index (κ3) is 3.58. The van der Waals surface area contributed by atoms with Gasteiger partial charge in [0.1, 0.15) is 5.75 Å². The summed E-state index contributed by atoms with van der Waals surface area (Å²) in [4.78, 5) is 2.50. The molecule has 0 spiro atoms. The van der Waals surface area contributed by atoms with E-state index in [9.17, 15) is 5.11 Å². The van der Waals surface area contributed by atoms with Gasteiger partial charge in [-0.1, -0.05) is 29.3 Å². The van der Waals surface area contributed by atoms with Crippen LogP contribution >= 0.6 is 47.8 Å². The molecule has 112 valence electrons. The Morgan fingerprint density at radius 1 is 1.25 bits per heavy atom. The predicted octanol–water partition coefficient (Wildman–Crippen LogP) is 4.43. The van der Waals surface area contributed by atoms with E-state index in [4.69, 9.17) is 0 Å². The van der Waals surface area contributed by atoms with E-state index in [0.29, 0.717) is 10.5 Å². The van der Waals surface area contributed by atoms with Crippen molar-refractivity contribution < 1.29 is 5.11 Å². The van der Waals surface area contributed by atoms with Gasteiger partial charge in [-0.2, -0.15) is 0 Å². The van der Waals surface area contributed by atoms with Crippen LogP contribution in [-0.4, -0.2) is 36.2 Å². The van der Waals surface area contributed by atoms with Crippen molar-refractivity contribution in [3.63, 3.8) is 0 Å². The topological polar surface area (TPSA) is 35.5 Å². The number of benzene rings is 1. The summed E-state index contributed by atoms with van der Waals surface area (Å²) < 4.78 is 2.53. The molecule has 1 saturated heterocycles. The van der Waals surface area contributed by atoms with Crippen LogP contribution in [0.4, 0.5) is 0 Å². The van der Waals surface area contributed by atoms with Crippen LogP contribution in [-0.2, 0) is 0 Å². The lowest BCUT2D eigenvalue weighted by Crippen LogP contribution is -2.45. The predicted molar refractivity (Wildman–Crippen MR) is 93.3 cm³/mol. The Morgan fingerprint density at radius 2 is 1.90 bits per heavy atom. The fourth-order valence-corrected chi connectivity index (χ4v) is 5.33. The zero-order chi connectivity index (χ0) is 14.7. The molecule has 6 heteroatoms. The van der Waals surface area contributed by atoms with Gasteiger partial charge in [0, 0.05) is 42.3 Å². The highest BCUT2D eigenvalue weighted by Gasteiger charge is 2.27. The lowest BCUT2D eigenvalue weighted by Gasteiger charge is -2.36. The van der Waals surface area contributed by atoms with Gasteiger partial charge >= 0.3 is 0 Å². The van der Waals surface area contributed by atoms with E-state index in [2.05, 4.69) is 64.9 Å². The fourth-order valence-electron chi connectivity index (χ4n) is 2.68. The second-order valence-electron chi connectivity index (χ2n) is 5.01. The SMILES string of the molecule is CCC[C@@H](c1c(Br)cc(Br)c(O)c1Br)N1CCNCC1. The first-order valence-electron chi connectivity index (χ1n) is 6.87.